The van der Waals surface area contributed by atoms with Gasteiger partial charge in [0.2, 0.25) is 0 Å². The van der Waals surface area contributed by atoms with Crippen molar-refractivity contribution in [1.82, 2.24) is 19.9 Å². The van der Waals surface area contributed by atoms with E-state index in [-0.39, 0.29) is 18.0 Å². The number of benzene rings is 3. The van der Waals surface area contributed by atoms with Gasteiger partial charge in [0.05, 0.1) is 87.7 Å². The van der Waals surface area contributed by atoms with Gasteiger partial charge in [-0.25, -0.2) is 8.42 Å². The number of fused-ring (bicyclic) bond motifs is 3. The molecule has 1 atom stereocenters. The van der Waals surface area contributed by atoms with Gasteiger partial charge in [0, 0.05) is 47.8 Å². The third-order valence-corrected chi connectivity index (χ3v) is 12.6. The SMILES string of the molecule is COc1ccc2c(c1)C(c1ccc(Cl)cc1)=N[C@@H](CC(=O)CCCOCCOCCOCCOCCOCCCS(=O)(=O)c1cc(-c3c(C)noc3C)ccc1C)c1nnc(C)n1-2. The van der Waals surface area contributed by atoms with Crippen molar-refractivity contribution in [2.45, 2.75) is 64.3 Å². The van der Waals surface area contributed by atoms with E-state index in [4.69, 9.17) is 49.5 Å². The second-order valence-corrected chi connectivity index (χ2v) is 17.6. The molecule has 15 nitrogen and oxygen atoms in total. The number of nitrogens with zero attached hydrogens (tertiary/aromatic N) is 5. The molecule has 5 aromatic rings. The molecule has 0 aliphatic carbocycles. The fraction of sp³-hybridized carbons (Fsp3) is 0.457. The first kappa shape index (κ1) is 47.7. The standard InChI is InChI=1S/C46H56ClN5O10S/c1-31-9-10-36(44-32(2)51-62-33(44)3)28-43(31)63(54,55)27-7-18-58-20-22-60-24-26-61-25-23-59-21-19-57-17-6-8-38(53)29-41-46-50-49-34(4)52(46)42-16-15-39(56-5)30-40(42)45(48-41)35-11-13-37(47)14-12-35/h9-16,28,30,41H,6-8,17-27,29H2,1-5H3/t41-/m0/s1. The van der Waals surface area contributed by atoms with Crippen LogP contribution in [0.2, 0.25) is 5.02 Å². The molecular formula is C46H56ClN5O10S. The fourth-order valence-corrected chi connectivity index (χ4v) is 9.00. The number of ether oxygens (including phenoxy) is 6. The van der Waals surface area contributed by atoms with Gasteiger partial charge in [-0.15, -0.1) is 10.2 Å². The number of carbonyl (C=O) groups excluding carboxylic acids is 1. The Hall–Kier alpha value is -4.81. The zero-order valence-electron chi connectivity index (χ0n) is 36.6. The molecule has 0 saturated heterocycles. The maximum Gasteiger partial charge on any atom is 0.178 e. The summed E-state index contributed by atoms with van der Waals surface area (Å²) < 4.78 is 67.1. The van der Waals surface area contributed by atoms with Crippen LogP contribution in [-0.4, -0.2) is 119 Å². The number of ketones is 1. The van der Waals surface area contributed by atoms with Gasteiger partial charge in [-0.1, -0.05) is 41.0 Å². The Balaban J connectivity index is 0.796. The van der Waals surface area contributed by atoms with E-state index in [0.29, 0.717) is 124 Å². The molecule has 0 saturated carbocycles. The average molecular weight is 906 g/mol. The molecule has 2 aromatic heterocycles. The Bertz CT molecular complexity index is 2410. The first-order valence-corrected chi connectivity index (χ1v) is 23.1. The number of carbonyl (C=O) groups is 1. The molecule has 0 radical (unpaired) electrons. The summed E-state index contributed by atoms with van der Waals surface area (Å²) in [6, 6.07) is 18.1. The van der Waals surface area contributed by atoms with E-state index in [2.05, 4.69) is 15.4 Å². The fourth-order valence-electron chi connectivity index (χ4n) is 7.29. The molecule has 0 unspecified atom stereocenters. The lowest BCUT2D eigenvalue weighted by atomic mass is 9.99. The van der Waals surface area contributed by atoms with Crippen LogP contribution in [0.3, 0.4) is 0 Å². The molecule has 6 rings (SSSR count). The summed E-state index contributed by atoms with van der Waals surface area (Å²) in [7, 11) is -1.88. The van der Waals surface area contributed by atoms with Crippen molar-refractivity contribution in [2.24, 2.45) is 4.99 Å². The topological polar surface area (TPSA) is 176 Å². The monoisotopic (exact) mass is 905 g/mol. The van der Waals surface area contributed by atoms with Gasteiger partial charge >= 0.3 is 0 Å². The number of aryl methyl sites for hydroxylation is 4. The highest BCUT2D eigenvalue weighted by molar-refractivity contribution is 7.91. The molecule has 0 spiro atoms. The number of Topliss-reactive ketones (excluding diaryl/α,β-unsaturated/α-hetero) is 1. The van der Waals surface area contributed by atoms with Crippen molar-refractivity contribution < 1.29 is 46.2 Å². The molecule has 0 fully saturated rings. The Kier molecular flexibility index (Phi) is 17.6. The van der Waals surface area contributed by atoms with Crippen LogP contribution in [0.15, 0.2) is 75.1 Å². The van der Waals surface area contributed by atoms with Gasteiger partial charge in [-0.2, -0.15) is 0 Å². The third-order valence-electron chi connectivity index (χ3n) is 10.5. The van der Waals surface area contributed by atoms with Gasteiger partial charge in [0.25, 0.3) is 0 Å². The molecule has 3 aromatic carbocycles. The molecule has 0 amide bonds. The molecule has 1 aliphatic heterocycles. The number of halogens is 1. The summed E-state index contributed by atoms with van der Waals surface area (Å²) in [5, 5.41) is 13.4. The second kappa shape index (κ2) is 23.2. The highest BCUT2D eigenvalue weighted by atomic mass is 35.5. The largest absolute Gasteiger partial charge is 0.497 e. The number of aliphatic imine (C=N–C) groups is 1. The number of aromatic nitrogens is 4. The van der Waals surface area contributed by atoms with Gasteiger partial charge in [-0.3, -0.25) is 14.4 Å². The molecule has 3 heterocycles. The van der Waals surface area contributed by atoms with E-state index in [1.54, 1.807) is 20.1 Å². The summed E-state index contributed by atoms with van der Waals surface area (Å²) in [6.07, 6.45) is 1.44. The van der Waals surface area contributed by atoms with Crippen LogP contribution >= 0.6 is 11.6 Å². The summed E-state index contributed by atoms with van der Waals surface area (Å²) in [6.45, 7) is 11.2. The first-order valence-electron chi connectivity index (χ1n) is 21.1. The maximum absolute atomic E-state index is 13.3. The van der Waals surface area contributed by atoms with Gasteiger partial charge in [0.15, 0.2) is 15.7 Å². The van der Waals surface area contributed by atoms with Crippen LogP contribution < -0.4 is 4.74 Å². The number of hydrogen-bond acceptors (Lipinski definition) is 14. The molecule has 1 aliphatic rings. The minimum atomic E-state index is -3.50. The minimum Gasteiger partial charge on any atom is -0.497 e. The van der Waals surface area contributed by atoms with Gasteiger partial charge < -0.3 is 32.9 Å². The van der Waals surface area contributed by atoms with E-state index in [0.717, 1.165) is 39.3 Å². The van der Waals surface area contributed by atoms with Crippen LogP contribution in [0.25, 0.3) is 16.8 Å². The molecule has 0 bridgehead atoms. The van der Waals surface area contributed by atoms with Crippen molar-refractivity contribution in [2.75, 3.05) is 78.9 Å². The van der Waals surface area contributed by atoms with Crippen LogP contribution in [0.1, 0.15) is 71.5 Å². The zero-order valence-corrected chi connectivity index (χ0v) is 38.1. The summed E-state index contributed by atoms with van der Waals surface area (Å²) >= 11 is 6.21. The lowest BCUT2D eigenvalue weighted by molar-refractivity contribution is -0.119. The zero-order chi connectivity index (χ0) is 44.8. The lowest BCUT2D eigenvalue weighted by Crippen LogP contribution is -2.14. The summed E-state index contributed by atoms with van der Waals surface area (Å²) in [4.78, 5) is 18.7. The smallest absolute Gasteiger partial charge is 0.178 e. The minimum absolute atomic E-state index is 0.0197. The van der Waals surface area contributed by atoms with Crippen LogP contribution in [0.4, 0.5) is 0 Å². The number of rotatable bonds is 26. The number of hydrogen-bond donors (Lipinski definition) is 0. The Morgan fingerprint density at radius 2 is 1.38 bits per heavy atom. The van der Waals surface area contributed by atoms with Gasteiger partial charge in [-0.05, 0) is 88.1 Å². The molecule has 338 valence electrons. The Morgan fingerprint density at radius 3 is 2.00 bits per heavy atom. The third kappa shape index (κ3) is 12.9. The Morgan fingerprint density at radius 1 is 0.762 bits per heavy atom. The number of sulfone groups is 1. The van der Waals surface area contributed by atoms with E-state index in [9.17, 15) is 13.2 Å². The highest BCUT2D eigenvalue weighted by Crippen LogP contribution is 2.35. The van der Waals surface area contributed by atoms with Crippen molar-refractivity contribution >= 4 is 32.9 Å². The predicted molar refractivity (Wildman–Crippen MR) is 238 cm³/mol. The van der Waals surface area contributed by atoms with E-state index in [1.807, 2.05) is 79.9 Å². The summed E-state index contributed by atoms with van der Waals surface area (Å²) in [5.41, 5.74) is 6.29. The van der Waals surface area contributed by atoms with E-state index < -0.39 is 15.9 Å². The van der Waals surface area contributed by atoms with Gasteiger partial charge in [0.1, 0.15) is 29.2 Å². The molecule has 17 heteroatoms. The number of methoxy groups -OCH3 is 1. The molecular weight excluding hydrogens is 850 g/mol. The lowest BCUT2D eigenvalue weighted by Gasteiger charge is -2.14. The quantitative estimate of drug-likeness (QED) is 0.0503. The molecule has 63 heavy (non-hydrogen) atoms. The summed E-state index contributed by atoms with van der Waals surface area (Å²) in [5.74, 6) is 2.67. The first-order chi connectivity index (χ1) is 30.5. The normalized spacial score (nSPS) is 13.7. The van der Waals surface area contributed by atoms with E-state index in [1.165, 1.54) is 0 Å². The van der Waals surface area contributed by atoms with Crippen molar-refractivity contribution in [3.63, 3.8) is 0 Å². The van der Waals surface area contributed by atoms with Crippen LogP contribution in [0.5, 0.6) is 5.75 Å². The Labute approximate surface area is 374 Å². The van der Waals surface area contributed by atoms with Crippen LogP contribution in [0, 0.1) is 27.7 Å². The maximum atomic E-state index is 13.3. The molecule has 0 N–H and O–H groups in total. The average Bonchev–Trinajstić information content (AvgIpc) is 3.78. The highest BCUT2D eigenvalue weighted by Gasteiger charge is 2.30. The van der Waals surface area contributed by atoms with E-state index >= 15 is 0 Å². The van der Waals surface area contributed by atoms with Crippen molar-refractivity contribution in [1.29, 1.82) is 0 Å². The second-order valence-electron chi connectivity index (χ2n) is 15.1. The predicted octanol–water partition coefficient (Wildman–Crippen LogP) is 7.40. The van der Waals surface area contributed by atoms with Crippen LogP contribution in [-0.2, 0) is 38.3 Å². The van der Waals surface area contributed by atoms with Crippen molar-refractivity contribution in [3.05, 3.63) is 105 Å². The van der Waals surface area contributed by atoms with Crippen molar-refractivity contribution in [3.8, 4) is 22.6 Å².